The van der Waals surface area contributed by atoms with Crippen LogP contribution in [0.4, 0.5) is 0 Å². The van der Waals surface area contributed by atoms with E-state index in [1.807, 2.05) is 13.8 Å². The molecule has 0 heterocycles. The number of aliphatic imine (C=N–C) groups is 1. The van der Waals surface area contributed by atoms with Gasteiger partial charge >= 0.3 is 5.97 Å². The SMILES string of the molecule is CC(C)C(=O)Oc1ccc(Br)cc1/C=N/C(O)C(C)C. The molecule has 5 heteroatoms. The molecule has 0 bridgehead atoms. The smallest absolute Gasteiger partial charge is 0.313 e. The van der Waals surface area contributed by atoms with E-state index < -0.39 is 6.23 Å². The Hall–Kier alpha value is -1.20. The van der Waals surface area contributed by atoms with Crippen molar-refractivity contribution >= 4 is 28.1 Å². The summed E-state index contributed by atoms with van der Waals surface area (Å²) in [5.41, 5.74) is 0.646. The summed E-state index contributed by atoms with van der Waals surface area (Å²) in [5.74, 6) is -0.0391. The zero-order valence-corrected chi connectivity index (χ0v) is 13.7. The van der Waals surface area contributed by atoms with Gasteiger partial charge < -0.3 is 9.84 Å². The van der Waals surface area contributed by atoms with Crippen molar-refractivity contribution in [3.8, 4) is 5.75 Å². The van der Waals surface area contributed by atoms with Crippen LogP contribution in [0.1, 0.15) is 33.3 Å². The fourth-order valence-electron chi connectivity index (χ4n) is 1.27. The van der Waals surface area contributed by atoms with Gasteiger partial charge in [-0.2, -0.15) is 0 Å². The maximum absolute atomic E-state index is 11.7. The monoisotopic (exact) mass is 341 g/mol. The molecule has 0 aliphatic carbocycles. The molecule has 0 aromatic heterocycles. The van der Waals surface area contributed by atoms with E-state index in [0.29, 0.717) is 11.3 Å². The van der Waals surface area contributed by atoms with Crippen LogP contribution in [0.2, 0.25) is 0 Å². The van der Waals surface area contributed by atoms with Gasteiger partial charge in [0, 0.05) is 16.3 Å². The van der Waals surface area contributed by atoms with Crippen molar-refractivity contribution in [2.24, 2.45) is 16.8 Å². The standard InChI is InChI=1S/C15H20BrNO3/c1-9(2)14(18)17-8-11-7-12(16)5-6-13(11)20-15(19)10(3)4/h5-10,14,18H,1-4H3/b17-8+. The highest BCUT2D eigenvalue weighted by molar-refractivity contribution is 9.10. The summed E-state index contributed by atoms with van der Waals surface area (Å²) in [6, 6.07) is 5.28. The Balaban J connectivity index is 2.99. The maximum atomic E-state index is 11.7. The molecule has 20 heavy (non-hydrogen) atoms. The van der Waals surface area contributed by atoms with Crippen LogP contribution in [0, 0.1) is 11.8 Å². The Morgan fingerprint density at radius 3 is 2.55 bits per heavy atom. The highest BCUT2D eigenvalue weighted by atomic mass is 79.9. The first-order valence-electron chi connectivity index (χ1n) is 6.53. The molecule has 0 amide bonds. The number of carbonyl (C=O) groups excluding carboxylic acids is 1. The molecule has 1 N–H and O–H groups in total. The van der Waals surface area contributed by atoms with Crippen LogP contribution in [0.25, 0.3) is 0 Å². The van der Waals surface area contributed by atoms with Crippen molar-refractivity contribution < 1.29 is 14.6 Å². The fourth-order valence-corrected chi connectivity index (χ4v) is 1.65. The van der Waals surface area contributed by atoms with Gasteiger partial charge in [0.2, 0.25) is 0 Å². The molecule has 4 nitrogen and oxygen atoms in total. The van der Waals surface area contributed by atoms with Gasteiger partial charge in [-0.3, -0.25) is 9.79 Å². The first-order valence-corrected chi connectivity index (χ1v) is 7.33. The molecule has 1 atom stereocenters. The molecule has 0 radical (unpaired) electrons. The number of halogens is 1. The first kappa shape index (κ1) is 16.9. The van der Waals surface area contributed by atoms with E-state index in [4.69, 9.17) is 4.74 Å². The third-order valence-corrected chi connectivity index (χ3v) is 3.11. The van der Waals surface area contributed by atoms with Crippen LogP contribution in [0.3, 0.4) is 0 Å². The van der Waals surface area contributed by atoms with Crippen molar-refractivity contribution in [3.63, 3.8) is 0 Å². The number of nitrogens with zero attached hydrogens (tertiary/aromatic N) is 1. The molecule has 1 aromatic rings. The second-order valence-electron chi connectivity index (χ2n) is 5.19. The van der Waals surface area contributed by atoms with Gasteiger partial charge in [-0.25, -0.2) is 0 Å². The van der Waals surface area contributed by atoms with Gasteiger partial charge in [-0.15, -0.1) is 0 Å². The van der Waals surface area contributed by atoms with Crippen LogP contribution < -0.4 is 4.74 Å². The number of aliphatic hydroxyl groups is 1. The number of aliphatic hydroxyl groups excluding tert-OH is 1. The zero-order chi connectivity index (χ0) is 15.3. The first-order chi connectivity index (χ1) is 9.31. The van der Waals surface area contributed by atoms with E-state index in [-0.39, 0.29) is 17.8 Å². The molecule has 0 aliphatic heterocycles. The minimum absolute atomic E-state index is 0.0278. The second kappa shape index (κ2) is 7.55. The van der Waals surface area contributed by atoms with Crippen LogP contribution in [0.15, 0.2) is 27.7 Å². The lowest BCUT2D eigenvalue weighted by Crippen LogP contribution is -2.16. The molecule has 110 valence electrons. The molecular formula is C15H20BrNO3. The summed E-state index contributed by atoms with van der Waals surface area (Å²) >= 11 is 3.36. The predicted octanol–water partition coefficient (Wildman–Crippen LogP) is 3.40. The van der Waals surface area contributed by atoms with E-state index in [0.717, 1.165) is 4.47 Å². The fraction of sp³-hybridized carbons (Fsp3) is 0.467. The lowest BCUT2D eigenvalue weighted by molar-refractivity contribution is -0.137. The van der Waals surface area contributed by atoms with E-state index in [2.05, 4.69) is 20.9 Å². The quantitative estimate of drug-likeness (QED) is 0.507. The summed E-state index contributed by atoms with van der Waals surface area (Å²) in [6.07, 6.45) is 0.751. The Labute approximate surface area is 128 Å². The Morgan fingerprint density at radius 1 is 1.35 bits per heavy atom. The number of hydrogen-bond acceptors (Lipinski definition) is 4. The van der Waals surface area contributed by atoms with Crippen LogP contribution in [-0.2, 0) is 4.79 Å². The van der Waals surface area contributed by atoms with Crippen molar-refractivity contribution in [1.29, 1.82) is 0 Å². The molecule has 0 spiro atoms. The van der Waals surface area contributed by atoms with Crippen molar-refractivity contribution in [1.82, 2.24) is 0 Å². The van der Waals surface area contributed by atoms with E-state index in [9.17, 15) is 9.90 Å². The van der Waals surface area contributed by atoms with Crippen molar-refractivity contribution in [2.45, 2.75) is 33.9 Å². The number of carbonyl (C=O) groups is 1. The third-order valence-electron chi connectivity index (χ3n) is 2.62. The van der Waals surface area contributed by atoms with Crippen LogP contribution in [-0.4, -0.2) is 23.5 Å². The average molecular weight is 342 g/mol. The maximum Gasteiger partial charge on any atom is 0.313 e. The normalized spacial score (nSPS) is 13.2. The predicted molar refractivity (Wildman–Crippen MR) is 83.1 cm³/mol. The lowest BCUT2D eigenvalue weighted by Gasteiger charge is -2.11. The number of hydrogen-bond donors (Lipinski definition) is 1. The Morgan fingerprint density at radius 2 is 2.00 bits per heavy atom. The minimum atomic E-state index is -0.775. The Kier molecular flexibility index (Phi) is 6.36. The summed E-state index contributed by atoms with van der Waals surface area (Å²) in [6.45, 7) is 7.31. The molecule has 1 aromatic carbocycles. The lowest BCUT2D eigenvalue weighted by atomic mass is 10.2. The van der Waals surface area contributed by atoms with E-state index in [1.165, 1.54) is 6.21 Å². The topological polar surface area (TPSA) is 58.9 Å². The van der Waals surface area contributed by atoms with Gasteiger partial charge in [0.25, 0.3) is 0 Å². The van der Waals surface area contributed by atoms with Crippen molar-refractivity contribution in [3.05, 3.63) is 28.2 Å². The van der Waals surface area contributed by atoms with Crippen LogP contribution in [0.5, 0.6) is 5.75 Å². The van der Waals surface area contributed by atoms with Crippen molar-refractivity contribution in [2.75, 3.05) is 0 Å². The largest absolute Gasteiger partial charge is 0.426 e. The molecule has 0 aliphatic rings. The third kappa shape index (κ3) is 5.06. The molecule has 0 saturated carbocycles. The molecule has 1 rings (SSSR count). The van der Waals surface area contributed by atoms with Gasteiger partial charge in [-0.1, -0.05) is 43.6 Å². The summed E-state index contributed by atoms with van der Waals surface area (Å²) in [5, 5.41) is 9.70. The number of benzene rings is 1. The molecule has 0 saturated heterocycles. The summed E-state index contributed by atoms with van der Waals surface area (Å²) in [4.78, 5) is 15.7. The van der Waals surface area contributed by atoms with Crippen LogP contribution >= 0.6 is 15.9 Å². The van der Waals surface area contributed by atoms with E-state index >= 15 is 0 Å². The number of ether oxygens (including phenoxy) is 1. The number of esters is 1. The van der Waals surface area contributed by atoms with Gasteiger partial charge in [0.05, 0.1) is 5.92 Å². The summed E-state index contributed by atoms with van der Waals surface area (Å²) in [7, 11) is 0. The zero-order valence-electron chi connectivity index (χ0n) is 12.1. The average Bonchev–Trinajstić information content (AvgIpc) is 2.38. The van der Waals surface area contributed by atoms with Gasteiger partial charge in [-0.05, 0) is 24.1 Å². The molecule has 1 unspecified atom stereocenters. The molecular weight excluding hydrogens is 322 g/mol. The summed E-state index contributed by atoms with van der Waals surface area (Å²) < 4.78 is 6.17. The highest BCUT2D eigenvalue weighted by Crippen LogP contribution is 2.23. The van der Waals surface area contributed by atoms with Gasteiger partial charge in [0.1, 0.15) is 12.0 Å². The molecule has 0 fully saturated rings. The number of rotatable bonds is 5. The highest BCUT2D eigenvalue weighted by Gasteiger charge is 2.13. The van der Waals surface area contributed by atoms with Gasteiger partial charge in [0.15, 0.2) is 0 Å². The Bertz CT molecular complexity index is 498. The second-order valence-corrected chi connectivity index (χ2v) is 6.11. The van der Waals surface area contributed by atoms with E-state index in [1.54, 1.807) is 32.0 Å². The minimum Gasteiger partial charge on any atom is -0.426 e.